The van der Waals surface area contributed by atoms with Crippen LogP contribution in [0, 0.1) is 18.8 Å². The summed E-state index contributed by atoms with van der Waals surface area (Å²) in [4.78, 5) is 2.97. The van der Waals surface area contributed by atoms with E-state index in [1.807, 2.05) is 31.2 Å². The number of nitrogens with zero attached hydrogens (tertiary/aromatic N) is 2. The summed E-state index contributed by atoms with van der Waals surface area (Å²) in [6.07, 6.45) is 4.33. The Bertz CT molecular complexity index is 1640. The van der Waals surface area contributed by atoms with Crippen LogP contribution in [-0.2, 0) is 22.9 Å². The summed E-state index contributed by atoms with van der Waals surface area (Å²) < 4.78 is 53.2. The SMILES string of the molecule is CC[C@H]1CN2CCc3cc(OC)c(OC)cc3[C@@H]2C[C@@H]1CC1c2cc(OC)c(OC)cc2CCN1S(=O)(=O)c1ccc(C)cc1. The van der Waals surface area contributed by atoms with E-state index < -0.39 is 10.0 Å². The topological polar surface area (TPSA) is 77.5 Å². The standard InChI is InChI=1S/C36H46N2O6S/c1-7-24-22-37-14-12-25-18-33(41-3)35(43-5)20-29(25)31(37)16-27(24)17-32-30-21-36(44-6)34(42-4)19-26(30)13-15-38(32)45(39,40)28-10-8-23(2)9-11-28/h8-11,18-21,24,27,31-32H,7,12-17,22H2,1-6H3/t24-,27+,31-,32?/m0/s1. The molecule has 6 rings (SSSR count). The predicted molar refractivity (Wildman–Crippen MR) is 175 cm³/mol. The molecular formula is C36H46N2O6S. The molecule has 0 amide bonds. The molecule has 0 aromatic heterocycles. The van der Waals surface area contributed by atoms with Gasteiger partial charge >= 0.3 is 0 Å². The van der Waals surface area contributed by atoms with Crippen molar-refractivity contribution in [1.29, 1.82) is 0 Å². The first-order valence-electron chi connectivity index (χ1n) is 16.0. The minimum atomic E-state index is -3.75. The highest BCUT2D eigenvalue weighted by Gasteiger charge is 2.43. The normalized spacial score (nSPS) is 23.4. The third-order valence-electron chi connectivity index (χ3n) is 10.4. The van der Waals surface area contributed by atoms with Gasteiger partial charge in [0, 0.05) is 25.7 Å². The monoisotopic (exact) mass is 634 g/mol. The maximum absolute atomic E-state index is 14.3. The van der Waals surface area contributed by atoms with Gasteiger partial charge in [-0.1, -0.05) is 31.0 Å². The lowest BCUT2D eigenvalue weighted by atomic mass is 9.72. The minimum Gasteiger partial charge on any atom is -0.493 e. The number of methoxy groups -OCH3 is 4. The van der Waals surface area contributed by atoms with Gasteiger partial charge in [0.15, 0.2) is 23.0 Å². The van der Waals surface area contributed by atoms with E-state index in [9.17, 15) is 8.42 Å². The summed E-state index contributed by atoms with van der Waals surface area (Å²) >= 11 is 0. The number of ether oxygens (including phenoxy) is 4. The van der Waals surface area contributed by atoms with Crippen LogP contribution in [0.25, 0.3) is 0 Å². The Balaban J connectivity index is 1.41. The van der Waals surface area contributed by atoms with Gasteiger partial charge in [0.25, 0.3) is 0 Å². The predicted octanol–water partition coefficient (Wildman–Crippen LogP) is 6.35. The molecule has 9 heteroatoms. The Morgan fingerprint density at radius 3 is 1.91 bits per heavy atom. The molecule has 1 unspecified atom stereocenters. The van der Waals surface area contributed by atoms with Crippen LogP contribution in [0.5, 0.6) is 23.0 Å². The van der Waals surface area contributed by atoms with E-state index >= 15 is 0 Å². The molecule has 0 radical (unpaired) electrons. The highest BCUT2D eigenvalue weighted by molar-refractivity contribution is 7.89. The van der Waals surface area contributed by atoms with Crippen LogP contribution in [0.2, 0.25) is 0 Å². The largest absolute Gasteiger partial charge is 0.493 e. The van der Waals surface area contributed by atoms with Crippen molar-refractivity contribution >= 4 is 10.0 Å². The zero-order valence-electron chi connectivity index (χ0n) is 27.3. The quantitative estimate of drug-likeness (QED) is 0.271. The Morgan fingerprint density at radius 2 is 1.31 bits per heavy atom. The van der Waals surface area contributed by atoms with E-state index in [1.165, 1.54) is 11.1 Å². The van der Waals surface area contributed by atoms with Crippen LogP contribution in [0.3, 0.4) is 0 Å². The number of piperidine rings is 1. The van der Waals surface area contributed by atoms with Crippen molar-refractivity contribution in [2.45, 2.75) is 62.9 Å². The summed E-state index contributed by atoms with van der Waals surface area (Å²) in [7, 11) is 2.90. The molecule has 3 aliphatic rings. The molecule has 242 valence electrons. The summed E-state index contributed by atoms with van der Waals surface area (Å²) in [5, 5.41) is 0. The number of hydrogen-bond donors (Lipinski definition) is 0. The Hall–Kier alpha value is -3.27. The molecule has 0 N–H and O–H groups in total. The fourth-order valence-corrected chi connectivity index (χ4v) is 9.54. The van der Waals surface area contributed by atoms with E-state index in [0.717, 1.165) is 67.0 Å². The van der Waals surface area contributed by atoms with Crippen molar-refractivity contribution in [2.24, 2.45) is 11.8 Å². The highest BCUT2D eigenvalue weighted by Crippen LogP contribution is 2.50. The molecular weight excluding hydrogens is 588 g/mol. The van der Waals surface area contributed by atoms with Gasteiger partial charge in [-0.2, -0.15) is 4.31 Å². The van der Waals surface area contributed by atoms with Gasteiger partial charge in [-0.05, 0) is 103 Å². The van der Waals surface area contributed by atoms with Crippen molar-refractivity contribution < 1.29 is 27.4 Å². The van der Waals surface area contributed by atoms with Crippen molar-refractivity contribution in [3.8, 4) is 23.0 Å². The molecule has 4 atom stereocenters. The molecule has 3 aromatic carbocycles. The van der Waals surface area contributed by atoms with Crippen molar-refractivity contribution in [3.63, 3.8) is 0 Å². The number of sulfonamides is 1. The lowest BCUT2D eigenvalue weighted by Crippen LogP contribution is -2.47. The second-order valence-corrected chi connectivity index (χ2v) is 14.6. The van der Waals surface area contributed by atoms with Crippen LogP contribution in [0.1, 0.15) is 66.1 Å². The lowest BCUT2D eigenvalue weighted by Gasteiger charge is -2.49. The van der Waals surface area contributed by atoms with E-state index in [-0.39, 0.29) is 12.1 Å². The smallest absolute Gasteiger partial charge is 0.243 e. The molecule has 0 spiro atoms. The van der Waals surface area contributed by atoms with Gasteiger partial charge in [0.1, 0.15) is 0 Å². The molecule has 1 fully saturated rings. The summed E-state index contributed by atoms with van der Waals surface area (Å²) in [6.45, 7) is 6.67. The number of aryl methyl sites for hydroxylation is 1. The van der Waals surface area contributed by atoms with Crippen LogP contribution in [0.15, 0.2) is 53.4 Å². The zero-order valence-corrected chi connectivity index (χ0v) is 28.2. The second kappa shape index (κ2) is 12.9. The van der Waals surface area contributed by atoms with Crippen molar-refractivity contribution in [2.75, 3.05) is 48.1 Å². The van der Waals surface area contributed by atoms with E-state index in [4.69, 9.17) is 18.9 Å². The Labute approximate surface area is 268 Å². The minimum absolute atomic E-state index is 0.247. The molecule has 3 aromatic rings. The third-order valence-corrected chi connectivity index (χ3v) is 12.3. The zero-order chi connectivity index (χ0) is 31.9. The molecule has 3 aliphatic heterocycles. The van der Waals surface area contributed by atoms with Gasteiger partial charge in [-0.25, -0.2) is 8.42 Å². The lowest BCUT2D eigenvalue weighted by molar-refractivity contribution is 0.0386. The Kier molecular flexibility index (Phi) is 9.05. The molecule has 0 aliphatic carbocycles. The number of fused-ring (bicyclic) bond motifs is 4. The number of hydrogen-bond acceptors (Lipinski definition) is 7. The highest BCUT2D eigenvalue weighted by atomic mass is 32.2. The molecule has 45 heavy (non-hydrogen) atoms. The van der Waals surface area contributed by atoms with Gasteiger partial charge in [0.05, 0.1) is 39.4 Å². The van der Waals surface area contributed by atoms with Crippen LogP contribution in [-0.4, -0.2) is 65.7 Å². The summed E-state index contributed by atoms with van der Waals surface area (Å²) in [5.74, 6) is 3.59. The average molecular weight is 635 g/mol. The maximum Gasteiger partial charge on any atom is 0.243 e. The van der Waals surface area contributed by atoms with Crippen LogP contribution >= 0.6 is 0 Å². The Morgan fingerprint density at radius 1 is 0.756 bits per heavy atom. The van der Waals surface area contributed by atoms with Gasteiger partial charge < -0.3 is 18.9 Å². The second-order valence-electron chi connectivity index (χ2n) is 12.7. The molecule has 8 nitrogen and oxygen atoms in total. The van der Waals surface area contributed by atoms with E-state index in [0.29, 0.717) is 41.2 Å². The third kappa shape index (κ3) is 5.79. The molecule has 1 saturated heterocycles. The van der Waals surface area contributed by atoms with Crippen molar-refractivity contribution in [1.82, 2.24) is 9.21 Å². The van der Waals surface area contributed by atoms with Gasteiger partial charge in [-0.15, -0.1) is 0 Å². The first kappa shape index (κ1) is 31.7. The van der Waals surface area contributed by atoms with E-state index in [2.05, 4.69) is 24.0 Å². The molecule has 3 heterocycles. The average Bonchev–Trinajstić information content (AvgIpc) is 3.06. The fraction of sp³-hybridized carbons (Fsp3) is 0.500. The summed E-state index contributed by atoms with van der Waals surface area (Å²) in [5.41, 5.74) is 5.79. The van der Waals surface area contributed by atoms with Crippen LogP contribution < -0.4 is 18.9 Å². The number of rotatable bonds is 9. The first-order valence-corrected chi connectivity index (χ1v) is 17.5. The van der Waals surface area contributed by atoms with Crippen molar-refractivity contribution in [3.05, 3.63) is 76.3 Å². The number of benzene rings is 3. The molecule has 0 bridgehead atoms. The summed E-state index contributed by atoms with van der Waals surface area (Å²) in [6, 6.07) is 15.5. The van der Waals surface area contributed by atoms with Crippen LogP contribution in [0.4, 0.5) is 0 Å². The maximum atomic E-state index is 14.3. The van der Waals surface area contributed by atoms with E-state index in [1.54, 1.807) is 44.9 Å². The van der Waals surface area contributed by atoms with Gasteiger partial charge in [-0.3, -0.25) is 4.90 Å². The molecule has 0 saturated carbocycles. The first-order chi connectivity index (χ1) is 21.7. The fourth-order valence-electron chi connectivity index (χ4n) is 7.93. The van der Waals surface area contributed by atoms with Gasteiger partial charge in [0.2, 0.25) is 10.0 Å².